The molecule has 0 bridgehead atoms. The maximum absolute atomic E-state index is 12.1. The van der Waals surface area contributed by atoms with Crippen molar-refractivity contribution in [1.82, 2.24) is 4.90 Å². The summed E-state index contributed by atoms with van der Waals surface area (Å²) < 4.78 is 11.1. The molecule has 1 fully saturated rings. The number of rotatable bonds is 8. The van der Waals surface area contributed by atoms with Gasteiger partial charge in [-0.1, -0.05) is 0 Å². The summed E-state index contributed by atoms with van der Waals surface area (Å²) in [5.74, 6) is -1.66. The molecule has 0 radical (unpaired) electrons. The van der Waals surface area contributed by atoms with Crippen LogP contribution in [0.5, 0.6) is 0 Å². The van der Waals surface area contributed by atoms with Gasteiger partial charge in [-0.05, 0) is 0 Å². The van der Waals surface area contributed by atoms with Crippen molar-refractivity contribution in [3.8, 4) is 0 Å². The summed E-state index contributed by atoms with van der Waals surface area (Å²) >= 11 is 0.165. The Morgan fingerprint density at radius 1 is 1.17 bits per heavy atom. The molecule has 1 aliphatic rings. The number of hydrogen-bond donors (Lipinski definition) is 0. The molecule has 0 saturated carbocycles. The molecule has 130 valence electrons. The first-order chi connectivity index (χ1) is 11.6. The number of esters is 2. The molecule has 0 aliphatic carbocycles. The first-order valence-corrected chi connectivity index (χ1v) is 9.97. The third-order valence-corrected chi connectivity index (χ3v) is 6.00. The van der Waals surface area contributed by atoms with Gasteiger partial charge in [0.25, 0.3) is 0 Å². The summed E-state index contributed by atoms with van der Waals surface area (Å²) in [4.78, 5) is 37.7. The van der Waals surface area contributed by atoms with Gasteiger partial charge in [-0.25, -0.2) is 0 Å². The number of carbonyl (C=O) groups is 3. The van der Waals surface area contributed by atoms with Gasteiger partial charge in [0.05, 0.1) is 0 Å². The second-order valence-corrected chi connectivity index (χ2v) is 7.48. The number of nitrogens with zero attached hydrogens (tertiary/aromatic N) is 1. The average molecular weight is 398 g/mol. The molecule has 1 saturated heterocycles. The molecule has 2 rings (SSSR count). The van der Waals surface area contributed by atoms with Gasteiger partial charge >= 0.3 is 147 Å². The molecule has 1 heterocycles. The Bertz CT molecular complexity index is 574. The van der Waals surface area contributed by atoms with E-state index in [-0.39, 0.29) is 40.1 Å². The van der Waals surface area contributed by atoms with Gasteiger partial charge in [0.1, 0.15) is 0 Å². The molecule has 24 heavy (non-hydrogen) atoms. The molecule has 7 heteroatoms. The Kier molecular flexibility index (Phi) is 6.82. The minimum absolute atomic E-state index is 0.128. The fraction of sp³-hybridized carbons (Fsp3) is 0.471. The zero-order chi connectivity index (χ0) is 17.5. The maximum atomic E-state index is 12.1. The number of benzene rings is 1. The summed E-state index contributed by atoms with van der Waals surface area (Å²) in [7, 11) is 0. The van der Waals surface area contributed by atoms with Gasteiger partial charge in [0.15, 0.2) is 0 Å². The molecule has 1 unspecified atom stereocenters. The molecule has 1 amide bonds. The molecular weight excluding hydrogens is 377 g/mol. The van der Waals surface area contributed by atoms with E-state index >= 15 is 0 Å². The number of likely N-dealkylation sites (tertiary alicyclic amines) is 1. The molecular formula is C17H21NO5Se. The predicted molar refractivity (Wildman–Crippen MR) is 88.9 cm³/mol. The van der Waals surface area contributed by atoms with E-state index in [4.69, 9.17) is 9.47 Å². The molecule has 0 N–H and O–H groups in total. The van der Waals surface area contributed by atoms with Crippen molar-refractivity contribution in [2.45, 2.75) is 37.7 Å². The number of β-lactam (4-membered cyclic amide) rings is 1. The molecule has 0 spiro atoms. The van der Waals surface area contributed by atoms with Crippen LogP contribution in [0.25, 0.3) is 0 Å². The van der Waals surface area contributed by atoms with Gasteiger partial charge < -0.3 is 0 Å². The second-order valence-electron chi connectivity index (χ2n) is 5.19. The van der Waals surface area contributed by atoms with Gasteiger partial charge in [-0.15, -0.1) is 0 Å². The van der Waals surface area contributed by atoms with E-state index in [1.807, 2.05) is 30.3 Å². The normalized spacial score (nSPS) is 16.7. The Hall–Kier alpha value is -1.85. The Labute approximate surface area is 147 Å². The van der Waals surface area contributed by atoms with Crippen LogP contribution in [0.15, 0.2) is 30.3 Å². The summed E-state index contributed by atoms with van der Waals surface area (Å²) in [6, 6.07) is 8.56. The summed E-state index contributed by atoms with van der Waals surface area (Å²) in [6.07, 6.45) is 0.351. The van der Waals surface area contributed by atoms with Crippen molar-refractivity contribution in [1.29, 1.82) is 0 Å². The average Bonchev–Trinajstić information content (AvgIpc) is 2.57. The zero-order valence-corrected chi connectivity index (χ0v) is 15.5. The Morgan fingerprint density at radius 2 is 1.75 bits per heavy atom. The number of carbonyl (C=O) groups excluding carboxylic acids is 3. The van der Waals surface area contributed by atoms with E-state index in [0.29, 0.717) is 6.42 Å². The van der Waals surface area contributed by atoms with E-state index in [1.165, 1.54) is 9.36 Å². The number of amides is 1. The van der Waals surface area contributed by atoms with Crippen molar-refractivity contribution in [3.05, 3.63) is 30.3 Å². The van der Waals surface area contributed by atoms with Crippen LogP contribution in [0, 0.1) is 0 Å². The van der Waals surface area contributed by atoms with Crippen LogP contribution in [0.1, 0.15) is 20.3 Å². The third kappa shape index (κ3) is 4.36. The van der Waals surface area contributed by atoms with Crippen molar-refractivity contribution in [2.24, 2.45) is 0 Å². The van der Waals surface area contributed by atoms with Crippen LogP contribution in [-0.4, -0.2) is 63.0 Å². The van der Waals surface area contributed by atoms with Crippen molar-refractivity contribution >= 4 is 37.3 Å². The van der Waals surface area contributed by atoms with Crippen molar-refractivity contribution in [2.75, 3.05) is 13.2 Å². The first kappa shape index (κ1) is 18.5. The summed E-state index contributed by atoms with van der Waals surface area (Å²) in [5, 5.41) is 0.748. The Morgan fingerprint density at radius 3 is 2.25 bits per heavy atom. The fourth-order valence-corrected chi connectivity index (χ4v) is 4.59. The van der Waals surface area contributed by atoms with Crippen LogP contribution >= 0.6 is 0 Å². The standard InChI is InChI=1S/C17H21NO5Se/c1-3-22-16(20)15(17(21)23-4-2)18-12(10-14(18)19)11-24-13-8-6-5-7-9-13/h5-9,12,15H,3-4,10-11H2,1-2H3. The number of ether oxygens (including phenoxy) is 2. The van der Waals surface area contributed by atoms with Gasteiger partial charge in [-0.2, -0.15) is 0 Å². The molecule has 1 aromatic rings. The first-order valence-electron chi connectivity index (χ1n) is 7.90. The van der Waals surface area contributed by atoms with Gasteiger partial charge in [0.2, 0.25) is 0 Å². The third-order valence-electron chi connectivity index (χ3n) is 3.58. The topological polar surface area (TPSA) is 72.9 Å². The van der Waals surface area contributed by atoms with Crippen LogP contribution < -0.4 is 4.46 Å². The number of hydrogen-bond acceptors (Lipinski definition) is 5. The second kappa shape index (κ2) is 8.85. The van der Waals surface area contributed by atoms with E-state index in [0.717, 1.165) is 5.32 Å². The quantitative estimate of drug-likeness (QED) is 0.277. The molecule has 1 atom stereocenters. The van der Waals surface area contributed by atoms with E-state index < -0.39 is 18.0 Å². The van der Waals surface area contributed by atoms with Crippen molar-refractivity contribution < 1.29 is 23.9 Å². The van der Waals surface area contributed by atoms with E-state index in [9.17, 15) is 14.4 Å². The van der Waals surface area contributed by atoms with Crippen LogP contribution in [0.3, 0.4) is 0 Å². The molecule has 0 aromatic heterocycles. The molecule has 6 nitrogen and oxygen atoms in total. The van der Waals surface area contributed by atoms with E-state index in [1.54, 1.807) is 13.8 Å². The zero-order valence-electron chi connectivity index (χ0n) is 13.8. The van der Waals surface area contributed by atoms with Crippen LogP contribution in [0.4, 0.5) is 0 Å². The van der Waals surface area contributed by atoms with Crippen molar-refractivity contribution in [3.63, 3.8) is 0 Å². The van der Waals surface area contributed by atoms with Gasteiger partial charge in [-0.3, -0.25) is 0 Å². The van der Waals surface area contributed by atoms with Crippen LogP contribution in [0.2, 0.25) is 5.32 Å². The minimum atomic E-state index is -1.29. The SMILES string of the molecule is CCOC(=O)C(C(=O)OCC)N1C(=O)CC1C[Se]c1ccccc1. The van der Waals surface area contributed by atoms with E-state index in [2.05, 4.69) is 0 Å². The summed E-state index contributed by atoms with van der Waals surface area (Å²) in [6.45, 7) is 3.62. The Balaban J connectivity index is 2.06. The monoisotopic (exact) mass is 399 g/mol. The molecule has 1 aromatic carbocycles. The fourth-order valence-electron chi connectivity index (χ4n) is 2.47. The van der Waals surface area contributed by atoms with Crippen LogP contribution in [-0.2, 0) is 23.9 Å². The molecule has 1 aliphatic heterocycles. The predicted octanol–water partition coefficient (Wildman–Crippen LogP) is 0.530. The summed E-state index contributed by atoms with van der Waals surface area (Å²) in [5.41, 5.74) is 0. The van der Waals surface area contributed by atoms with Gasteiger partial charge in [0, 0.05) is 0 Å².